The molecule has 0 bridgehead atoms. The lowest BCUT2D eigenvalue weighted by Crippen LogP contribution is -2.10. The van der Waals surface area contributed by atoms with Crippen LogP contribution in [-0.2, 0) is 0 Å². The quantitative estimate of drug-likeness (QED) is 0.749. The van der Waals surface area contributed by atoms with Crippen LogP contribution in [0.4, 0.5) is 5.13 Å². The van der Waals surface area contributed by atoms with E-state index in [1.54, 1.807) is 11.4 Å². The number of carbonyl (C=O) groups is 2. The van der Waals surface area contributed by atoms with Crippen molar-refractivity contribution >= 4 is 39.1 Å². The van der Waals surface area contributed by atoms with Crippen molar-refractivity contribution in [3.05, 3.63) is 46.7 Å². The summed E-state index contributed by atoms with van der Waals surface area (Å²) in [6.07, 6.45) is 0. The Bertz CT molecular complexity index is 848. The zero-order valence-corrected chi connectivity index (χ0v) is 12.3. The molecule has 3 aromatic rings. The summed E-state index contributed by atoms with van der Waals surface area (Å²) in [4.78, 5) is 27.3. The first-order valence-electron chi connectivity index (χ1n) is 6.31. The maximum atomic E-state index is 12.1. The number of aryl methyl sites for hydroxylation is 1. The molecule has 6 heteroatoms. The number of hydrogen-bond acceptors (Lipinski definition) is 5. The highest BCUT2D eigenvalue weighted by atomic mass is 32.1. The molecule has 1 aromatic carbocycles. The summed E-state index contributed by atoms with van der Waals surface area (Å²) in [6.45, 7) is 3.41. The van der Waals surface area contributed by atoms with E-state index in [9.17, 15) is 9.59 Å². The van der Waals surface area contributed by atoms with Gasteiger partial charge in [-0.3, -0.25) is 14.9 Å². The number of thiazole rings is 1. The summed E-state index contributed by atoms with van der Waals surface area (Å²) < 4.78 is 5.51. The number of benzene rings is 1. The van der Waals surface area contributed by atoms with Crippen molar-refractivity contribution in [2.24, 2.45) is 0 Å². The van der Waals surface area contributed by atoms with Crippen molar-refractivity contribution in [1.29, 1.82) is 0 Å². The highest BCUT2D eigenvalue weighted by Gasteiger charge is 2.15. The first-order valence-corrected chi connectivity index (χ1v) is 7.19. The lowest BCUT2D eigenvalue weighted by Gasteiger charge is -1.96. The molecule has 0 aliphatic rings. The molecule has 1 N–H and O–H groups in total. The maximum absolute atomic E-state index is 12.1. The Morgan fingerprint density at radius 2 is 2.10 bits per heavy atom. The molecule has 2 heterocycles. The summed E-state index contributed by atoms with van der Waals surface area (Å²) in [6, 6.07) is 7.40. The Morgan fingerprint density at radius 3 is 2.81 bits per heavy atom. The summed E-state index contributed by atoms with van der Waals surface area (Å²) in [5, 5.41) is 5.50. The van der Waals surface area contributed by atoms with Crippen LogP contribution in [0.1, 0.15) is 33.5 Å². The number of anilines is 1. The number of hydrogen-bond donors (Lipinski definition) is 1. The molecular formula is C15H12N2O3S. The zero-order chi connectivity index (χ0) is 15.0. The van der Waals surface area contributed by atoms with Crippen LogP contribution >= 0.6 is 11.3 Å². The molecule has 0 radical (unpaired) electrons. The molecule has 0 saturated heterocycles. The average Bonchev–Trinajstić information content (AvgIpc) is 3.04. The van der Waals surface area contributed by atoms with Crippen LogP contribution < -0.4 is 5.32 Å². The first kappa shape index (κ1) is 13.5. The van der Waals surface area contributed by atoms with E-state index >= 15 is 0 Å². The highest BCUT2D eigenvalue weighted by molar-refractivity contribution is 7.14. The summed E-state index contributed by atoms with van der Waals surface area (Å²) >= 11 is 1.20. The van der Waals surface area contributed by atoms with Crippen LogP contribution in [0.25, 0.3) is 11.0 Å². The largest absolute Gasteiger partial charge is 0.451 e. The molecule has 106 valence electrons. The van der Waals surface area contributed by atoms with Crippen molar-refractivity contribution in [3.8, 4) is 0 Å². The van der Waals surface area contributed by atoms with Crippen molar-refractivity contribution < 1.29 is 14.0 Å². The lowest BCUT2D eigenvalue weighted by atomic mass is 10.2. The lowest BCUT2D eigenvalue weighted by molar-refractivity contribution is 0.0992. The van der Waals surface area contributed by atoms with E-state index in [2.05, 4.69) is 10.3 Å². The molecule has 0 unspecified atom stereocenters. The van der Waals surface area contributed by atoms with Crippen molar-refractivity contribution in [3.63, 3.8) is 0 Å². The normalized spacial score (nSPS) is 10.8. The fourth-order valence-electron chi connectivity index (χ4n) is 1.93. The molecule has 0 aliphatic heterocycles. The van der Waals surface area contributed by atoms with Crippen LogP contribution in [0, 0.1) is 6.92 Å². The number of furan rings is 1. The number of aromatic nitrogens is 1. The molecule has 0 saturated carbocycles. The van der Waals surface area contributed by atoms with Gasteiger partial charge in [0.1, 0.15) is 11.3 Å². The molecule has 2 aromatic heterocycles. The smallest absolute Gasteiger partial charge is 0.293 e. The Labute approximate surface area is 124 Å². The summed E-state index contributed by atoms with van der Waals surface area (Å²) in [7, 11) is 0. The van der Waals surface area contributed by atoms with E-state index in [0.29, 0.717) is 16.4 Å². The van der Waals surface area contributed by atoms with Gasteiger partial charge in [-0.2, -0.15) is 0 Å². The van der Waals surface area contributed by atoms with Crippen molar-refractivity contribution in [1.82, 2.24) is 4.98 Å². The number of nitrogens with zero attached hydrogens (tertiary/aromatic N) is 1. The van der Waals surface area contributed by atoms with Gasteiger partial charge in [0.2, 0.25) is 0 Å². The van der Waals surface area contributed by atoms with Crippen LogP contribution in [0.2, 0.25) is 0 Å². The Balaban J connectivity index is 1.84. The minimum atomic E-state index is -0.381. The van der Waals surface area contributed by atoms with Gasteiger partial charge < -0.3 is 4.42 Å². The number of Topliss-reactive ketones (excluding diaryl/α,β-unsaturated/α-hetero) is 1. The second-order valence-corrected chi connectivity index (χ2v) is 5.56. The monoisotopic (exact) mass is 300 g/mol. The Kier molecular flexibility index (Phi) is 3.31. The molecular weight excluding hydrogens is 288 g/mol. The summed E-state index contributed by atoms with van der Waals surface area (Å²) in [5.41, 5.74) is 2.10. The molecule has 0 aliphatic carbocycles. The van der Waals surface area contributed by atoms with Gasteiger partial charge in [-0.15, -0.1) is 11.3 Å². The van der Waals surface area contributed by atoms with Gasteiger partial charge in [-0.05, 0) is 25.1 Å². The number of nitrogens with one attached hydrogen (secondary N) is 1. The minimum absolute atomic E-state index is 0.133. The van der Waals surface area contributed by atoms with E-state index in [0.717, 1.165) is 10.9 Å². The van der Waals surface area contributed by atoms with Crippen LogP contribution in [0.3, 0.4) is 0 Å². The molecule has 21 heavy (non-hydrogen) atoms. The van der Waals surface area contributed by atoms with Crippen molar-refractivity contribution in [2.75, 3.05) is 5.32 Å². The molecule has 0 atom stereocenters. The van der Waals surface area contributed by atoms with Gasteiger partial charge in [0.15, 0.2) is 16.7 Å². The second-order valence-electron chi connectivity index (χ2n) is 4.70. The van der Waals surface area contributed by atoms with Gasteiger partial charge in [0.05, 0.1) is 0 Å². The Hall–Kier alpha value is -2.47. The minimum Gasteiger partial charge on any atom is -0.451 e. The van der Waals surface area contributed by atoms with Gasteiger partial charge in [0.25, 0.3) is 5.91 Å². The zero-order valence-electron chi connectivity index (χ0n) is 11.5. The molecule has 1 amide bonds. The second kappa shape index (κ2) is 5.14. The van der Waals surface area contributed by atoms with Gasteiger partial charge in [-0.25, -0.2) is 4.98 Å². The number of fused-ring (bicyclic) bond motifs is 1. The first-order chi connectivity index (χ1) is 10.0. The molecule has 0 spiro atoms. The van der Waals surface area contributed by atoms with Gasteiger partial charge in [-0.1, -0.05) is 11.6 Å². The number of amides is 1. The third kappa shape index (κ3) is 2.71. The number of rotatable bonds is 3. The van der Waals surface area contributed by atoms with E-state index in [4.69, 9.17) is 4.42 Å². The predicted molar refractivity (Wildman–Crippen MR) is 81.0 cm³/mol. The number of ketones is 1. The average molecular weight is 300 g/mol. The maximum Gasteiger partial charge on any atom is 0.293 e. The van der Waals surface area contributed by atoms with E-state index < -0.39 is 0 Å². The Morgan fingerprint density at radius 1 is 1.29 bits per heavy atom. The van der Waals surface area contributed by atoms with Gasteiger partial charge in [0, 0.05) is 17.7 Å². The molecule has 3 rings (SSSR count). The fraction of sp³-hybridized carbons (Fsp3) is 0.133. The van der Waals surface area contributed by atoms with Crippen molar-refractivity contribution in [2.45, 2.75) is 13.8 Å². The number of carbonyl (C=O) groups excluding carboxylic acids is 2. The highest BCUT2D eigenvalue weighted by Crippen LogP contribution is 2.22. The SMILES string of the molecule is CC(=O)c1csc(NC(=O)c2cc3cc(C)ccc3o2)n1. The van der Waals surface area contributed by atoms with E-state index in [-0.39, 0.29) is 17.5 Å². The van der Waals surface area contributed by atoms with E-state index in [1.807, 2.05) is 25.1 Å². The third-order valence-corrected chi connectivity index (χ3v) is 3.74. The third-order valence-electron chi connectivity index (χ3n) is 2.98. The predicted octanol–water partition coefficient (Wildman–Crippen LogP) is 3.65. The van der Waals surface area contributed by atoms with E-state index in [1.165, 1.54) is 18.3 Å². The standard InChI is InChI=1S/C15H12N2O3S/c1-8-3-4-12-10(5-8)6-13(20-12)14(19)17-15-16-11(7-21-15)9(2)18/h3-7H,1-2H3,(H,16,17,19). The molecule has 0 fully saturated rings. The topological polar surface area (TPSA) is 72.2 Å². The molecule has 5 nitrogen and oxygen atoms in total. The fourth-order valence-corrected chi connectivity index (χ4v) is 2.67. The van der Waals surface area contributed by atoms with Crippen LogP contribution in [0.5, 0.6) is 0 Å². The summed E-state index contributed by atoms with van der Waals surface area (Å²) in [5.74, 6) is -0.297. The van der Waals surface area contributed by atoms with Gasteiger partial charge >= 0.3 is 0 Å². The van der Waals surface area contributed by atoms with Crippen LogP contribution in [0.15, 0.2) is 34.1 Å². The van der Waals surface area contributed by atoms with Crippen LogP contribution in [-0.4, -0.2) is 16.7 Å².